The lowest BCUT2D eigenvalue weighted by Crippen LogP contribution is -2.42. The molecule has 0 unspecified atom stereocenters. The van der Waals surface area contributed by atoms with E-state index < -0.39 is 0 Å². The van der Waals surface area contributed by atoms with Crippen LogP contribution >= 0.6 is 11.6 Å². The minimum atomic E-state index is -0.0926. The summed E-state index contributed by atoms with van der Waals surface area (Å²) in [5.41, 5.74) is 4.65. The van der Waals surface area contributed by atoms with Gasteiger partial charge in [-0.1, -0.05) is 23.7 Å². The third-order valence-corrected chi connectivity index (χ3v) is 4.93. The number of rotatable bonds is 1. The molecule has 3 nitrogen and oxygen atoms in total. The Hall–Kier alpha value is -2.26. The van der Waals surface area contributed by atoms with Crippen molar-refractivity contribution in [3.8, 4) is 5.69 Å². The summed E-state index contributed by atoms with van der Waals surface area (Å²) in [6.45, 7) is 6.61. The summed E-state index contributed by atoms with van der Waals surface area (Å²) in [6, 6.07) is 16.6. The Morgan fingerprint density at radius 1 is 1.00 bits per heavy atom. The molecule has 0 saturated heterocycles. The maximum Gasteiger partial charge on any atom is 0.110 e. The maximum atomic E-state index is 6.10. The number of imidazole rings is 1. The first-order valence-corrected chi connectivity index (χ1v) is 8.53. The van der Waals surface area contributed by atoms with Crippen LogP contribution in [0.3, 0.4) is 0 Å². The fraction of sp³-hybridized carbons (Fsp3) is 0.250. The molecule has 1 aliphatic rings. The molecule has 24 heavy (non-hydrogen) atoms. The Kier molecular flexibility index (Phi) is 3.43. The Morgan fingerprint density at radius 2 is 1.67 bits per heavy atom. The topological polar surface area (TPSA) is 21.1 Å². The van der Waals surface area contributed by atoms with Crippen molar-refractivity contribution in [3.63, 3.8) is 0 Å². The fourth-order valence-electron chi connectivity index (χ4n) is 3.71. The van der Waals surface area contributed by atoms with Crippen LogP contribution in [0.2, 0.25) is 5.02 Å². The van der Waals surface area contributed by atoms with Crippen LogP contribution in [-0.2, 0) is 6.42 Å². The van der Waals surface area contributed by atoms with Gasteiger partial charge in [-0.3, -0.25) is 4.57 Å². The molecule has 0 radical (unpaired) electrons. The molecule has 122 valence electrons. The molecular weight excluding hydrogens is 318 g/mol. The number of nitrogens with zero attached hydrogens (tertiary/aromatic N) is 3. The van der Waals surface area contributed by atoms with Crippen LogP contribution in [0.4, 0.5) is 11.4 Å². The van der Waals surface area contributed by atoms with E-state index in [9.17, 15) is 0 Å². The molecule has 0 aliphatic carbocycles. The Morgan fingerprint density at radius 3 is 2.38 bits per heavy atom. The van der Waals surface area contributed by atoms with Gasteiger partial charge in [-0.15, -0.1) is 0 Å². The van der Waals surface area contributed by atoms with Gasteiger partial charge in [-0.05, 0) is 57.2 Å². The van der Waals surface area contributed by atoms with Gasteiger partial charge in [-0.25, -0.2) is 4.98 Å². The van der Waals surface area contributed by atoms with Crippen molar-refractivity contribution < 1.29 is 0 Å². The van der Waals surface area contributed by atoms with E-state index >= 15 is 0 Å². The highest BCUT2D eigenvalue weighted by Gasteiger charge is 2.35. The van der Waals surface area contributed by atoms with Crippen LogP contribution in [0.5, 0.6) is 0 Å². The second kappa shape index (κ2) is 5.38. The number of anilines is 2. The lowest BCUT2D eigenvalue weighted by Gasteiger charge is -2.39. The van der Waals surface area contributed by atoms with Crippen LogP contribution in [0.1, 0.15) is 25.4 Å². The van der Waals surface area contributed by atoms with E-state index in [1.165, 1.54) is 17.1 Å². The molecular formula is C20H20ClN3. The van der Waals surface area contributed by atoms with E-state index in [-0.39, 0.29) is 5.54 Å². The van der Waals surface area contributed by atoms with Crippen molar-refractivity contribution in [2.75, 3.05) is 4.90 Å². The van der Waals surface area contributed by atoms with E-state index in [0.29, 0.717) is 0 Å². The molecule has 2 heterocycles. The van der Waals surface area contributed by atoms with Crippen LogP contribution in [0, 0.1) is 6.92 Å². The SMILES string of the molecule is Cc1ncc2n1-c1ccccc1N(c1ccc(Cl)cc1)C(C)(C)C2. The Balaban J connectivity index is 2.00. The monoisotopic (exact) mass is 337 g/mol. The van der Waals surface area contributed by atoms with Gasteiger partial charge in [0.2, 0.25) is 0 Å². The lowest BCUT2D eigenvalue weighted by molar-refractivity contribution is 0.500. The van der Waals surface area contributed by atoms with Crippen LogP contribution in [0.15, 0.2) is 54.7 Å². The van der Waals surface area contributed by atoms with Crippen LogP contribution in [-0.4, -0.2) is 15.1 Å². The molecule has 0 N–H and O–H groups in total. The van der Waals surface area contributed by atoms with E-state index in [0.717, 1.165) is 23.0 Å². The number of hydrogen-bond donors (Lipinski definition) is 0. The van der Waals surface area contributed by atoms with Gasteiger partial charge in [0, 0.05) is 34.6 Å². The quantitative estimate of drug-likeness (QED) is 0.600. The molecule has 4 rings (SSSR count). The molecule has 0 saturated carbocycles. The molecule has 0 amide bonds. The average molecular weight is 338 g/mol. The summed E-state index contributed by atoms with van der Waals surface area (Å²) in [6.07, 6.45) is 2.91. The van der Waals surface area contributed by atoms with Gasteiger partial charge in [0.05, 0.1) is 11.4 Å². The Labute approximate surface area is 147 Å². The summed E-state index contributed by atoms with van der Waals surface area (Å²) in [5, 5.41) is 0.756. The van der Waals surface area contributed by atoms with Gasteiger partial charge in [0.15, 0.2) is 0 Å². The summed E-state index contributed by atoms with van der Waals surface area (Å²) < 4.78 is 2.27. The highest BCUT2D eigenvalue weighted by molar-refractivity contribution is 6.30. The molecule has 0 fully saturated rings. The standard InChI is InChI=1S/C20H20ClN3/c1-14-22-13-17-12-20(2,3)24(16-10-8-15(21)9-11-16)19-7-5-4-6-18(19)23(14)17/h4-11,13H,12H2,1-3H3. The third-order valence-electron chi connectivity index (χ3n) is 4.68. The normalized spacial score (nSPS) is 15.6. The van der Waals surface area contributed by atoms with Crippen molar-refractivity contribution in [2.45, 2.75) is 32.7 Å². The third kappa shape index (κ3) is 2.31. The van der Waals surface area contributed by atoms with E-state index in [1.54, 1.807) is 0 Å². The predicted molar refractivity (Wildman–Crippen MR) is 99.7 cm³/mol. The van der Waals surface area contributed by atoms with E-state index in [2.05, 4.69) is 71.6 Å². The molecule has 4 heteroatoms. The van der Waals surface area contributed by atoms with Crippen molar-refractivity contribution in [3.05, 3.63) is 71.3 Å². The molecule has 0 spiro atoms. The van der Waals surface area contributed by atoms with Crippen molar-refractivity contribution in [1.82, 2.24) is 9.55 Å². The van der Waals surface area contributed by atoms with E-state index in [1.807, 2.05) is 18.3 Å². The van der Waals surface area contributed by atoms with Gasteiger partial charge in [0.1, 0.15) is 5.82 Å². The second-order valence-corrected chi connectivity index (χ2v) is 7.36. The summed E-state index contributed by atoms with van der Waals surface area (Å²) >= 11 is 6.10. The summed E-state index contributed by atoms with van der Waals surface area (Å²) in [4.78, 5) is 6.95. The fourth-order valence-corrected chi connectivity index (χ4v) is 3.84. The highest BCUT2D eigenvalue weighted by Crippen LogP contribution is 2.42. The molecule has 3 aromatic rings. The van der Waals surface area contributed by atoms with Gasteiger partial charge in [0.25, 0.3) is 0 Å². The molecule has 1 aliphatic heterocycles. The molecule has 1 aromatic heterocycles. The molecule has 0 atom stereocenters. The largest absolute Gasteiger partial charge is 0.334 e. The number of para-hydroxylation sites is 2. The van der Waals surface area contributed by atoms with Crippen molar-refractivity contribution in [2.24, 2.45) is 0 Å². The summed E-state index contributed by atoms with van der Waals surface area (Å²) in [7, 11) is 0. The smallest absolute Gasteiger partial charge is 0.110 e. The maximum absolute atomic E-state index is 6.10. The molecule has 2 aromatic carbocycles. The summed E-state index contributed by atoms with van der Waals surface area (Å²) in [5.74, 6) is 1.02. The zero-order valence-electron chi connectivity index (χ0n) is 14.1. The minimum Gasteiger partial charge on any atom is -0.334 e. The number of aryl methyl sites for hydroxylation is 1. The number of fused-ring (bicyclic) bond motifs is 3. The van der Waals surface area contributed by atoms with Crippen LogP contribution < -0.4 is 4.90 Å². The lowest BCUT2D eigenvalue weighted by atomic mass is 9.95. The van der Waals surface area contributed by atoms with Crippen molar-refractivity contribution >= 4 is 23.0 Å². The highest BCUT2D eigenvalue weighted by atomic mass is 35.5. The molecule has 0 bridgehead atoms. The van der Waals surface area contributed by atoms with E-state index in [4.69, 9.17) is 11.6 Å². The number of aromatic nitrogens is 2. The number of halogens is 1. The average Bonchev–Trinajstić information content (AvgIpc) is 2.84. The zero-order valence-corrected chi connectivity index (χ0v) is 14.9. The Bertz CT molecular complexity index is 894. The minimum absolute atomic E-state index is 0.0926. The second-order valence-electron chi connectivity index (χ2n) is 6.92. The van der Waals surface area contributed by atoms with Crippen molar-refractivity contribution in [1.29, 1.82) is 0 Å². The first-order valence-electron chi connectivity index (χ1n) is 8.16. The van der Waals surface area contributed by atoms with Gasteiger partial charge in [-0.2, -0.15) is 0 Å². The van der Waals surface area contributed by atoms with Gasteiger partial charge >= 0.3 is 0 Å². The predicted octanol–water partition coefficient (Wildman–Crippen LogP) is 5.31. The van der Waals surface area contributed by atoms with Crippen LogP contribution in [0.25, 0.3) is 5.69 Å². The number of benzene rings is 2. The zero-order chi connectivity index (χ0) is 16.9. The first kappa shape index (κ1) is 15.3. The number of hydrogen-bond acceptors (Lipinski definition) is 2. The first-order chi connectivity index (χ1) is 11.5. The van der Waals surface area contributed by atoms with Gasteiger partial charge < -0.3 is 4.90 Å².